The van der Waals surface area contributed by atoms with Gasteiger partial charge in [0, 0.05) is 42.7 Å². The molecule has 0 aromatic carbocycles. The van der Waals surface area contributed by atoms with Crippen molar-refractivity contribution in [3.63, 3.8) is 0 Å². The molecule has 0 amide bonds. The van der Waals surface area contributed by atoms with E-state index in [1.807, 2.05) is 19.0 Å². The second-order valence-corrected chi connectivity index (χ2v) is 3.92. The Hall–Kier alpha value is -1.75. The van der Waals surface area contributed by atoms with Crippen LogP contribution < -0.4 is 4.74 Å². The third-order valence-electron chi connectivity index (χ3n) is 2.18. The summed E-state index contributed by atoms with van der Waals surface area (Å²) in [7, 11) is 3.97. The van der Waals surface area contributed by atoms with Crippen LogP contribution in [-0.4, -0.2) is 49.1 Å². The molecule has 0 bridgehead atoms. The van der Waals surface area contributed by atoms with E-state index in [1.54, 1.807) is 18.3 Å². The minimum Gasteiger partial charge on any atom is -0.476 e. The van der Waals surface area contributed by atoms with Crippen molar-refractivity contribution in [3.8, 4) is 5.88 Å². The number of aromatic nitrogens is 1. The van der Waals surface area contributed by atoms with Gasteiger partial charge >= 0.3 is 0 Å². The summed E-state index contributed by atoms with van der Waals surface area (Å²) in [5, 5.41) is 14.6. The number of pyridine rings is 1. The van der Waals surface area contributed by atoms with Crippen molar-refractivity contribution in [1.82, 2.24) is 9.88 Å². The maximum absolute atomic E-state index is 7.66. The molecule has 5 nitrogen and oxygen atoms in total. The van der Waals surface area contributed by atoms with Crippen molar-refractivity contribution in [3.05, 3.63) is 23.9 Å². The van der Waals surface area contributed by atoms with Gasteiger partial charge in [-0.1, -0.05) is 0 Å². The topological polar surface area (TPSA) is 73.1 Å². The third-order valence-corrected chi connectivity index (χ3v) is 2.18. The van der Waals surface area contributed by atoms with Crippen LogP contribution in [0.3, 0.4) is 0 Å². The lowest BCUT2D eigenvalue weighted by Gasteiger charge is -2.10. The molecule has 0 fully saturated rings. The van der Waals surface area contributed by atoms with Gasteiger partial charge in [-0.2, -0.15) is 0 Å². The summed E-state index contributed by atoms with van der Waals surface area (Å²) in [5.74, 6) is 0.568. The fourth-order valence-corrected chi connectivity index (χ4v) is 1.20. The van der Waals surface area contributed by atoms with Crippen molar-refractivity contribution in [1.29, 1.82) is 10.8 Å². The van der Waals surface area contributed by atoms with E-state index >= 15 is 0 Å². The molecule has 0 saturated heterocycles. The summed E-state index contributed by atoms with van der Waals surface area (Å²) >= 11 is 0. The second kappa shape index (κ2) is 6.75. The molecule has 17 heavy (non-hydrogen) atoms. The van der Waals surface area contributed by atoms with E-state index in [-0.39, 0.29) is 0 Å². The van der Waals surface area contributed by atoms with Crippen LogP contribution in [0.15, 0.2) is 18.3 Å². The number of rotatable bonds is 7. The molecule has 1 heterocycles. The summed E-state index contributed by atoms with van der Waals surface area (Å²) in [6.07, 6.45) is 3.16. The van der Waals surface area contributed by atoms with Crippen LogP contribution in [0, 0.1) is 10.8 Å². The monoisotopic (exact) mass is 234 g/mol. The lowest BCUT2D eigenvalue weighted by atomic mass is 10.1. The standard InChI is InChI=1S/C12H18N4O/c1-16(2)7-8-17-12-4-3-10(9-15-12)11(14)5-6-13/h3-4,6,9,13-14H,5,7-8H2,1-2H3. The van der Waals surface area contributed by atoms with E-state index in [9.17, 15) is 0 Å². The highest BCUT2D eigenvalue weighted by atomic mass is 16.5. The first-order chi connectivity index (χ1) is 8.13. The minimum absolute atomic E-state index is 0.336. The van der Waals surface area contributed by atoms with Crippen molar-refractivity contribution in [2.24, 2.45) is 0 Å². The Morgan fingerprint density at radius 3 is 2.76 bits per heavy atom. The van der Waals surface area contributed by atoms with E-state index in [1.165, 1.54) is 6.21 Å². The number of ether oxygens (including phenoxy) is 1. The summed E-state index contributed by atoms with van der Waals surface area (Å²) in [5.41, 5.74) is 1.13. The fraction of sp³-hybridized carbons (Fsp3) is 0.417. The molecular formula is C12H18N4O. The Morgan fingerprint density at radius 2 is 2.24 bits per heavy atom. The molecule has 1 aromatic rings. The highest BCUT2D eigenvalue weighted by Gasteiger charge is 2.01. The van der Waals surface area contributed by atoms with Gasteiger partial charge in [0.15, 0.2) is 0 Å². The molecule has 0 aliphatic carbocycles. The maximum Gasteiger partial charge on any atom is 0.213 e. The molecule has 5 heteroatoms. The molecule has 0 spiro atoms. The quantitative estimate of drug-likeness (QED) is 0.701. The zero-order valence-corrected chi connectivity index (χ0v) is 10.2. The molecule has 1 aromatic heterocycles. The van der Waals surface area contributed by atoms with Gasteiger partial charge in [-0.3, -0.25) is 0 Å². The molecular weight excluding hydrogens is 216 g/mol. The smallest absolute Gasteiger partial charge is 0.213 e. The first kappa shape index (κ1) is 13.3. The van der Waals surface area contributed by atoms with Crippen LogP contribution in [0.2, 0.25) is 0 Å². The third kappa shape index (κ3) is 4.74. The lowest BCUT2D eigenvalue weighted by molar-refractivity contribution is 0.254. The molecule has 0 aliphatic heterocycles. The number of nitrogens with one attached hydrogen (secondary N) is 2. The molecule has 1 rings (SSSR count). The van der Waals surface area contributed by atoms with Crippen molar-refractivity contribution >= 4 is 11.9 Å². The van der Waals surface area contributed by atoms with Gasteiger partial charge in [0.05, 0.1) is 0 Å². The first-order valence-corrected chi connectivity index (χ1v) is 5.44. The van der Waals surface area contributed by atoms with Gasteiger partial charge < -0.3 is 20.5 Å². The predicted molar refractivity (Wildman–Crippen MR) is 68.5 cm³/mol. The Labute approximate surface area is 101 Å². The largest absolute Gasteiger partial charge is 0.476 e. The van der Waals surface area contributed by atoms with Crippen LogP contribution in [0.1, 0.15) is 12.0 Å². The number of hydrogen-bond donors (Lipinski definition) is 2. The summed E-state index contributed by atoms with van der Waals surface area (Å²) < 4.78 is 5.44. The van der Waals surface area contributed by atoms with Crippen LogP contribution in [-0.2, 0) is 0 Å². The van der Waals surface area contributed by atoms with E-state index in [4.69, 9.17) is 15.6 Å². The van der Waals surface area contributed by atoms with E-state index in [0.29, 0.717) is 24.6 Å². The average molecular weight is 234 g/mol. The predicted octanol–water partition coefficient (Wildman–Crippen LogP) is 1.43. The van der Waals surface area contributed by atoms with Crippen molar-refractivity contribution in [2.75, 3.05) is 27.2 Å². The average Bonchev–Trinajstić information content (AvgIpc) is 2.30. The first-order valence-electron chi connectivity index (χ1n) is 5.44. The Balaban J connectivity index is 2.50. The van der Waals surface area contributed by atoms with Crippen LogP contribution in [0.4, 0.5) is 0 Å². The van der Waals surface area contributed by atoms with Crippen LogP contribution >= 0.6 is 0 Å². The van der Waals surface area contributed by atoms with Gasteiger partial charge in [-0.15, -0.1) is 0 Å². The number of nitrogens with zero attached hydrogens (tertiary/aromatic N) is 2. The molecule has 0 atom stereocenters. The molecule has 0 radical (unpaired) electrons. The number of hydrogen-bond acceptors (Lipinski definition) is 5. The Bertz CT molecular complexity index is 373. The molecule has 2 N–H and O–H groups in total. The zero-order valence-electron chi connectivity index (χ0n) is 10.2. The van der Waals surface area contributed by atoms with Gasteiger partial charge in [-0.25, -0.2) is 4.98 Å². The van der Waals surface area contributed by atoms with Gasteiger partial charge in [0.2, 0.25) is 5.88 Å². The second-order valence-electron chi connectivity index (χ2n) is 3.92. The lowest BCUT2D eigenvalue weighted by Crippen LogP contribution is -2.19. The maximum atomic E-state index is 7.66. The van der Waals surface area contributed by atoms with Crippen LogP contribution in [0.25, 0.3) is 0 Å². The fourth-order valence-electron chi connectivity index (χ4n) is 1.20. The molecule has 0 unspecified atom stereocenters. The van der Waals surface area contributed by atoms with Crippen LogP contribution in [0.5, 0.6) is 5.88 Å². The summed E-state index contributed by atoms with van der Waals surface area (Å²) in [4.78, 5) is 6.16. The van der Waals surface area contributed by atoms with Gasteiger partial charge in [0.1, 0.15) is 6.61 Å². The van der Waals surface area contributed by atoms with E-state index < -0.39 is 0 Å². The van der Waals surface area contributed by atoms with E-state index in [0.717, 1.165) is 12.1 Å². The van der Waals surface area contributed by atoms with E-state index in [2.05, 4.69) is 4.98 Å². The Kier molecular flexibility index (Phi) is 5.29. The summed E-state index contributed by atoms with van der Waals surface area (Å²) in [6.45, 7) is 1.43. The zero-order chi connectivity index (χ0) is 12.7. The van der Waals surface area contributed by atoms with Gasteiger partial charge in [-0.05, 0) is 20.2 Å². The van der Waals surface area contributed by atoms with Gasteiger partial charge in [0.25, 0.3) is 0 Å². The molecule has 0 saturated carbocycles. The minimum atomic E-state index is 0.336. The number of likely N-dealkylation sites (N-methyl/N-ethyl adjacent to an activating group) is 1. The SMILES string of the molecule is CN(C)CCOc1ccc(C(=N)CC=N)cn1. The molecule has 92 valence electrons. The highest BCUT2D eigenvalue weighted by Crippen LogP contribution is 2.08. The molecule has 0 aliphatic rings. The van der Waals surface area contributed by atoms with Crippen molar-refractivity contribution < 1.29 is 4.74 Å². The van der Waals surface area contributed by atoms with Crippen molar-refractivity contribution in [2.45, 2.75) is 6.42 Å². The Morgan fingerprint density at radius 1 is 1.47 bits per heavy atom. The summed E-state index contributed by atoms with van der Waals surface area (Å²) in [6, 6.07) is 3.55. The highest BCUT2D eigenvalue weighted by molar-refractivity contribution is 6.04. The normalized spacial score (nSPS) is 10.3.